The summed E-state index contributed by atoms with van der Waals surface area (Å²) in [6, 6.07) is 47.4. The summed E-state index contributed by atoms with van der Waals surface area (Å²) >= 11 is 0. The van der Waals surface area contributed by atoms with Gasteiger partial charge in [-0.05, 0) is 66.4 Å². The third-order valence-electron chi connectivity index (χ3n) is 7.26. The highest BCUT2D eigenvalue weighted by atomic mass is 14.2. The van der Waals surface area contributed by atoms with Crippen LogP contribution in [0.15, 0.2) is 147 Å². The van der Waals surface area contributed by atoms with E-state index >= 15 is 0 Å². The van der Waals surface area contributed by atoms with Gasteiger partial charge in [0.05, 0.1) is 0 Å². The van der Waals surface area contributed by atoms with E-state index in [4.69, 9.17) is 0 Å². The molecule has 38 heavy (non-hydrogen) atoms. The lowest BCUT2D eigenvalue weighted by Gasteiger charge is -2.20. The van der Waals surface area contributed by atoms with Gasteiger partial charge in [0.15, 0.2) is 0 Å². The second kappa shape index (κ2) is 10.2. The number of hydrogen-bond donors (Lipinski definition) is 0. The molecule has 0 saturated heterocycles. The van der Waals surface area contributed by atoms with E-state index in [-0.39, 0.29) is 0 Å². The lowest BCUT2D eigenvalue weighted by molar-refractivity contribution is 1.56. The Balaban J connectivity index is 1.54. The van der Waals surface area contributed by atoms with Gasteiger partial charge >= 0.3 is 0 Å². The summed E-state index contributed by atoms with van der Waals surface area (Å²) in [5, 5.41) is 2.42. The van der Waals surface area contributed by atoms with Crippen molar-refractivity contribution in [1.29, 1.82) is 0 Å². The number of benzene rings is 6. The molecule has 0 saturated carbocycles. The van der Waals surface area contributed by atoms with Crippen molar-refractivity contribution in [3.05, 3.63) is 158 Å². The zero-order chi connectivity index (χ0) is 25.9. The first kappa shape index (κ1) is 23.5. The van der Waals surface area contributed by atoms with Crippen molar-refractivity contribution < 1.29 is 0 Å². The summed E-state index contributed by atoms with van der Waals surface area (Å²) in [5.74, 6) is 0. The molecule has 6 rings (SSSR count). The molecule has 0 aliphatic rings. The molecular weight excluding hydrogens is 456 g/mol. The molecule has 180 valence electrons. The molecule has 0 radical (unpaired) electrons. The minimum Gasteiger partial charge on any atom is -0.0984 e. The zero-order valence-electron chi connectivity index (χ0n) is 21.3. The monoisotopic (exact) mass is 484 g/mol. The van der Waals surface area contributed by atoms with E-state index < -0.39 is 0 Å². The molecule has 0 N–H and O–H groups in total. The quantitative estimate of drug-likeness (QED) is 0.220. The van der Waals surface area contributed by atoms with Crippen molar-refractivity contribution in [1.82, 2.24) is 0 Å². The molecule has 0 heterocycles. The summed E-state index contributed by atoms with van der Waals surface area (Å²) in [5.41, 5.74) is 11.8. The average Bonchev–Trinajstić information content (AvgIpc) is 3.01. The van der Waals surface area contributed by atoms with E-state index in [1.807, 2.05) is 24.3 Å². The van der Waals surface area contributed by atoms with Crippen molar-refractivity contribution in [2.45, 2.75) is 0 Å². The summed E-state index contributed by atoms with van der Waals surface area (Å²) in [7, 11) is 0. The van der Waals surface area contributed by atoms with Crippen LogP contribution in [0.1, 0.15) is 11.1 Å². The molecule has 0 nitrogen and oxygen atoms in total. The van der Waals surface area contributed by atoms with Crippen LogP contribution < -0.4 is 0 Å². The predicted molar refractivity (Wildman–Crippen MR) is 166 cm³/mol. The largest absolute Gasteiger partial charge is 0.0984 e. The van der Waals surface area contributed by atoms with Gasteiger partial charge in [0, 0.05) is 0 Å². The molecule has 6 aromatic carbocycles. The Morgan fingerprint density at radius 3 is 0.947 bits per heavy atom. The molecule has 0 atom stereocenters. The Kier molecular flexibility index (Phi) is 6.30. The second-order valence-electron chi connectivity index (χ2n) is 9.42. The maximum atomic E-state index is 4.24. The van der Waals surface area contributed by atoms with Crippen LogP contribution in [0.5, 0.6) is 0 Å². The third kappa shape index (κ3) is 4.17. The summed E-state index contributed by atoms with van der Waals surface area (Å²) in [6.07, 6.45) is 3.96. The minimum atomic E-state index is 1.10. The Morgan fingerprint density at radius 2 is 0.605 bits per heavy atom. The fourth-order valence-corrected chi connectivity index (χ4v) is 5.44. The van der Waals surface area contributed by atoms with E-state index in [0.29, 0.717) is 0 Å². The first-order valence-electron chi connectivity index (χ1n) is 12.9. The Morgan fingerprint density at radius 1 is 0.316 bits per heavy atom. The summed E-state index contributed by atoms with van der Waals surface area (Å²) in [4.78, 5) is 0. The highest BCUT2D eigenvalue weighted by Gasteiger charge is 2.18. The van der Waals surface area contributed by atoms with Gasteiger partial charge in [-0.3, -0.25) is 0 Å². The van der Waals surface area contributed by atoms with Crippen LogP contribution in [-0.4, -0.2) is 0 Å². The van der Waals surface area contributed by atoms with Gasteiger partial charge < -0.3 is 0 Å². The second-order valence-corrected chi connectivity index (χ2v) is 9.42. The average molecular weight is 485 g/mol. The van der Waals surface area contributed by atoms with Gasteiger partial charge in [0.1, 0.15) is 0 Å². The van der Waals surface area contributed by atoms with Gasteiger partial charge in [-0.15, -0.1) is 0 Å². The van der Waals surface area contributed by atoms with Gasteiger partial charge in [-0.25, -0.2) is 0 Å². The van der Waals surface area contributed by atoms with Crippen LogP contribution in [-0.2, 0) is 0 Å². The molecule has 0 fully saturated rings. The smallest absolute Gasteiger partial charge is 0.00266 e. The number of fused-ring (bicyclic) bond motifs is 1. The molecule has 6 aromatic rings. The maximum Gasteiger partial charge on any atom is -0.00266 e. The molecule has 0 heteroatoms. The summed E-state index contributed by atoms with van der Waals surface area (Å²) < 4.78 is 0. The van der Waals surface area contributed by atoms with Crippen LogP contribution in [0.2, 0.25) is 0 Å². The molecule has 0 amide bonds. The van der Waals surface area contributed by atoms with Crippen molar-refractivity contribution in [3.8, 4) is 44.5 Å². The van der Waals surface area contributed by atoms with Gasteiger partial charge in [-0.1, -0.05) is 159 Å². The first-order chi connectivity index (χ1) is 18.8. The fraction of sp³-hybridized carbons (Fsp3) is 0. The number of hydrogen-bond acceptors (Lipinski definition) is 0. The molecular formula is C38H28. The van der Waals surface area contributed by atoms with Crippen LogP contribution >= 0.6 is 0 Å². The maximum absolute atomic E-state index is 4.24. The normalized spacial score (nSPS) is 10.8. The van der Waals surface area contributed by atoms with E-state index in [1.165, 1.54) is 55.3 Å². The zero-order valence-corrected chi connectivity index (χ0v) is 21.3. The van der Waals surface area contributed by atoms with Crippen molar-refractivity contribution in [3.63, 3.8) is 0 Å². The molecule has 0 spiro atoms. The van der Waals surface area contributed by atoms with Crippen molar-refractivity contribution in [2.75, 3.05) is 0 Å². The standard InChI is InChI=1S/C38H28/c1-3-33-34(4-2)38(32-25-21-30(22-26-32)28-15-9-6-10-16-28)36-18-12-11-17-35(36)37(33)31-23-19-29(20-24-31)27-13-7-5-8-14-27/h3-26H,1-2H2. The molecule has 0 aliphatic carbocycles. The Hall–Kier alpha value is -4.94. The van der Waals surface area contributed by atoms with Crippen molar-refractivity contribution in [2.24, 2.45) is 0 Å². The highest BCUT2D eigenvalue weighted by Crippen LogP contribution is 2.43. The van der Waals surface area contributed by atoms with Crippen molar-refractivity contribution >= 4 is 22.9 Å². The Bertz CT molecular complexity index is 1600. The summed E-state index contributed by atoms with van der Waals surface area (Å²) in [6.45, 7) is 8.48. The van der Waals surface area contributed by atoms with Crippen LogP contribution in [0, 0.1) is 0 Å². The van der Waals surface area contributed by atoms with E-state index in [9.17, 15) is 0 Å². The van der Waals surface area contributed by atoms with Crippen LogP contribution in [0.25, 0.3) is 67.4 Å². The lowest BCUT2D eigenvalue weighted by atomic mass is 9.83. The topological polar surface area (TPSA) is 0 Å². The lowest BCUT2D eigenvalue weighted by Crippen LogP contribution is -1.96. The highest BCUT2D eigenvalue weighted by molar-refractivity contribution is 6.11. The van der Waals surface area contributed by atoms with Gasteiger partial charge in [0.25, 0.3) is 0 Å². The fourth-order valence-electron chi connectivity index (χ4n) is 5.44. The van der Waals surface area contributed by atoms with E-state index in [1.54, 1.807) is 0 Å². The van der Waals surface area contributed by atoms with Crippen LogP contribution in [0.3, 0.4) is 0 Å². The number of rotatable bonds is 6. The minimum absolute atomic E-state index is 1.10. The molecule has 0 bridgehead atoms. The van der Waals surface area contributed by atoms with Crippen LogP contribution in [0.4, 0.5) is 0 Å². The molecule has 0 aliphatic heterocycles. The predicted octanol–water partition coefficient (Wildman–Crippen LogP) is 10.8. The molecule has 0 aromatic heterocycles. The molecule has 0 unspecified atom stereocenters. The van der Waals surface area contributed by atoms with E-state index in [0.717, 1.165) is 11.1 Å². The SMILES string of the molecule is C=Cc1c(C=C)c(-c2ccc(-c3ccccc3)cc2)c2ccccc2c1-c1ccc(-c2ccccc2)cc1. The third-order valence-corrected chi connectivity index (χ3v) is 7.26. The van der Waals surface area contributed by atoms with Gasteiger partial charge in [-0.2, -0.15) is 0 Å². The van der Waals surface area contributed by atoms with E-state index in [2.05, 4.69) is 134 Å². The first-order valence-corrected chi connectivity index (χ1v) is 12.9. The van der Waals surface area contributed by atoms with Gasteiger partial charge in [0.2, 0.25) is 0 Å². The Labute approximate surface area is 224 Å².